The van der Waals surface area contributed by atoms with Gasteiger partial charge in [-0.3, -0.25) is 4.90 Å². The minimum absolute atomic E-state index is 0.114. The number of rotatable bonds is 4. The van der Waals surface area contributed by atoms with E-state index in [1.165, 1.54) is 11.1 Å². The summed E-state index contributed by atoms with van der Waals surface area (Å²) in [6.45, 7) is 15.7. The van der Waals surface area contributed by atoms with Gasteiger partial charge < -0.3 is 10.1 Å². The first kappa shape index (κ1) is 16.5. The van der Waals surface area contributed by atoms with Crippen LogP contribution >= 0.6 is 0 Å². The largest absolute Gasteiger partial charge is 0.378 e. The highest BCUT2D eigenvalue weighted by atomic mass is 16.5. The summed E-state index contributed by atoms with van der Waals surface area (Å²) in [6.07, 6.45) is 0. The first-order valence-electron chi connectivity index (χ1n) is 7.92. The first-order valence-corrected chi connectivity index (χ1v) is 7.92. The van der Waals surface area contributed by atoms with Crippen molar-refractivity contribution in [2.45, 2.75) is 58.8 Å². The van der Waals surface area contributed by atoms with Gasteiger partial charge in [0.25, 0.3) is 0 Å². The highest BCUT2D eigenvalue weighted by Crippen LogP contribution is 2.23. The van der Waals surface area contributed by atoms with Crippen LogP contribution in [0.5, 0.6) is 0 Å². The molecule has 1 aromatic rings. The van der Waals surface area contributed by atoms with Gasteiger partial charge in [-0.15, -0.1) is 0 Å². The number of morpholine rings is 1. The van der Waals surface area contributed by atoms with Gasteiger partial charge in [0.2, 0.25) is 0 Å². The zero-order valence-corrected chi connectivity index (χ0v) is 14.2. The van der Waals surface area contributed by atoms with Gasteiger partial charge in [-0.05, 0) is 45.7 Å². The van der Waals surface area contributed by atoms with E-state index >= 15 is 0 Å². The molecule has 1 aliphatic heterocycles. The maximum Gasteiger partial charge on any atom is 0.0645 e. The Morgan fingerprint density at radius 1 is 1.19 bits per heavy atom. The van der Waals surface area contributed by atoms with Crippen molar-refractivity contribution in [1.82, 2.24) is 10.2 Å². The molecular weight excluding hydrogens is 260 g/mol. The van der Waals surface area contributed by atoms with Gasteiger partial charge >= 0.3 is 0 Å². The molecule has 1 aliphatic rings. The molecule has 21 heavy (non-hydrogen) atoms. The lowest BCUT2D eigenvalue weighted by Crippen LogP contribution is -2.52. The van der Waals surface area contributed by atoms with Gasteiger partial charge in [0.1, 0.15) is 0 Å². The third-order valence-corrected chi connectivity index (χ3v) is 4.11. The van der Waals surface area contributed by atoms with E-state index in [4.69, 9.17) is 4.74 Å². The van der Waals surface area contributed by atoms with E-state index in [0.717, 1.165) is 32.8 Å². The van der Waals surface area contributed by atoms with E-state index in [-0.39, 0.29) is 11.1 Å². The zero-order valence-electron chi connectivity index (χ0n) is 14.2. The molecule has 0 aliphatic carbocycles. The molecule has 2 rings (SSSR count). The lowest BCUT2D eigenvalue weighted by molar-refractivity contribution is -0.0553. The second-order valence-corrected chi connectivity index (χ2v) is 7.66. The smallest absolute Gasteiger partial charge is 0.0645 e. The summed E-state index contributed by atoms with van der Waals surface area (Å²) in [6, 6.07) is 8.77. The predicted octanol–water partition coefficient (Wildman–Crippen LogP) is 3.19. The van der Waals surface area contributed by atoms with Crippen molar-refractivity contribution >= 4 is 0 Å². The summed E-state index contributed by atoms with van der Waals surface area (Å²) in [5.41, 5.74) is 3.08. The molecule has 0 amide bonds. The van der Waals surface area contributed by atoms with Gasteiger partial charge in [0.15, 0.2) is 0 Å². The number of nitrogens with zero attached hydrogens (tertiary/aromatic N) is 1. The second-order valence-electron chi connectivity index (χ2n) is 7.66. The van der Waals surface area contributed by atoms with E-state index in [1.54, 1.807) is 0 Å². The first-order chi connectivity index (χ1) is 9.78. The average molecular weight is 290 g/mol. The fourth-order valence-electron chi connectivity index (χ4n) is 2.63. The van der Waals surface area contributed by atoms with Crippen LogP contribution in [0.2, 0.25) is 0 Å². The van der Waals surface area contributed by atoms with Crippen molar-refractivity contribution in [3.05, 3.63) is 35.4 Å². The third-order valence-electron chi connectivity index (χ3n) is 4.11. The standard InChI is InChI=1S/C18H30N2O/c1-17(2,3)19-12-15-8-6-7-9-16(15)13-20-10-11-21-14-18(20,4)5/h6-9,19H,10-14H2,1-5H3. The third kappa shape index (κ3) is 4.80. The Morgan fingerprint density at radius 2 is 1.86 bits per heavy atom. The predicted molar refractivity (Wildman–Crippen MR) is 88.3 cm³/mol. The number of benzene rings is 1. The molecule has 1 heterocycles. The van der Waals surface area contributed by atoms with Crippen LogP contribution in [0, 0.1) is 0 Å². The normalized spacial score (nSPS) is 19.7. The molecule has 0 atom stereocenters. The Hall–Kier alpha value is -0.900. The van der Waals surface area contributed by atoms with Crippen LogP contribution in [0.3, 0.4) is 0 Å². The molecule has 1 fully saturated rings. The van der Waals surface area contributed by atoms with E-state index in [1.807, 2.05) is 0 Å². The van der Waals surface area contributed by atoms with Gasteiger partial charge in [-0.1, -0.05) is 24.3 Å². The van der Waals surface area contributed by atoms with E-state index < -0.39 is 0 Å². The Morgan fingerprint density at radius 3 is 2.48 bits per heavy atom. The number of nitrogens with one attached hydrogen (secondary N) is 1. The molecule has 0 saturated carbocycles. The van der Waals surface area contributed by atoms with Crippen molar-refractivity contribution in [3.8, 4) is 0 Å². The summed E-state index contributed by atoms with van der Waals surface area (Å²) in [5.74, 6) is 0. The molecule has 3 heteroatoms. The number of hydrogen-bond donors (Lipinski definition) is 1. The molecule has 118 valence electrons. The molecule has 0 spiro atoms. The molecule has 1 saturated heterocycles. The molecule has 0 aromatic heterocycles. The summed E-state index contributed by atoms with van der Waals surface area (Å²) in [5, 5.41) is 3.59. The Kier molecular flexibility index (Phi) is 5.07. The van der Waals surface area contributed by atoms with Crippen LogP contribution in [0.15, 0.2) is 24.3 Å². The van der Waals surface area contributed by atoms with Crippen LogP contribution < -0.4 is 5.32 Å². The molecule has 0 bridgehead atoms. The van der Waals surface area contributed by atoms with Gasteiger partial charge in [-0.25, -0.2) is 0 Å². The van der Waals surface area contributed by atoms with Crippen molar-refractivity contribution in [3.63, 3.8) is 0 Å². The molecule has 1 aromatic carbocycles. The Bertz CT molecular complexity index is 463. The summed E-state index contributed by atoms with van der Waals surface area (Å²) in [7, 11) is 0. The quantitative estimate of drug-likeness (QED) is 0.921. The molecule has 3 nitrogen and oxygen atoms in total. The van der Waals surface area contributed by atoms with Crippen LogP contribution in [-0.2, 0) is 17.8 Å². The van der Waals surface area contributed by atoms with Crippen LogP contribution in [-0.4, -0.2) is 35.7 Å². The molecular formula is C18H30N2O. The van der Waals surface area contributed by atoms with Gasteiger partial charge in [0, 0.05) is 30.7 Å². The maximum atomic E-state index is 5.62. The maximum absolute atomic E-state index is 5.62. The average Bonchev–Trinajstić information content (AvgIpc) is 2.39. The highest BCUT2D eigenvalue weighted by molar-refractivity contribution is 5.27. The van der Waals surface area contributed by atoms with Gasteiger partial charge in [0.05, 0.1) is 13.2 Å². The zero-order chi connectivity index (χ0) is 15.5. The fourth-order valence-corrected chi connectivity index (χ4v) is 2.63. The summed E-state index contributed by atoms with van der Waals surface area (Å²) < 4.78 is 5.62. The number of hydrogen-bond acceptors (Lipinski definition) is 3. The lowest BCUT2D eigenvalue weighted by Gasteiger charge is -2.42. The highest BCUT2D eigenvalue weighted by Gasteiger charge is 2.30. The lowest BCUT2D eigenvalue weighted by atomic mass is 9.99. The van der Waals surface area contributed by atoms with Crippen LogP contribution in [0.4, 0.5) is 0 Å². The molecule has 1 N–H and O–H groups in total. The van der Waals surface area contributed by atoms with Crippen molar-refractivity contribution in [2.24, 2.45) is 0 Å². The Labute approximate surface area is 129 Å². The second kappa shape index (κ2) is 6.47. The van der Waals surface area contributed by atoms with Crippen LogP contribution in [0.25, 0.3) is 0 Å². The van der Waals surface area contributed by atoms with E-state index in [2.05, 4.69) is 69.1 Å². The van der Waals surface area contributed by atoms with E-state index in [0.29, 0.717) is 0 Å². The fraction of sp³-hybridized carbons (Fsp3) is 0.667. The SMILES string of the molecule is CC(C)(C)NCc1ccccc1CN1CCOCC1(C)C. The minimum Gasteiger partial charge on any atom is -0.378 e. The minimum atomic E-state index is 0.114. The topological polar surface area (TPSA) is 24.5 Å². The van der Waals surface area contributed by atoms with Crippen molar-refractivity contribution in [1.29, 1.82) is 0 Å². The van der Waals surface area contributed by atoms with E-state index in [9.17, 15) is 0 Å². The van der Waals surface area contributed by atoms with Crippen LogP contribution in [0.1, 0.15) is 45.7 Å². The monoisotopic (exact) mass is 290 g/mol. The molecule has 0 radical (unpaired) electrons. The number of ether oxygens (including phenoxy) is 1. The molecule has 0 unspecified atom stereocenters. The van der Waals surface area contributed by atoms with Crippen molar-refractivity contribution in [2.75, 3.05) is 19.8 Å². The summed E-state index contributed by atoms with van der Waals surface area (Å²) in [4.78, 5) is 2.53. The van der Waals surface area contributed by atoms with Gasteiger partial charge in [-0.2, -0.15) is 0 Å². The van der Waals surface area contributed by atoms with Crippen molar-refractivity contribution < 1.29 is 4.74 Å². The Balaban J connectivity index is 2.09. The summed E-state index contributed by atoms with van der Waals surface area (Å²) >= 11 is 0.